The van der Waals surface area contributed by atoms with Gasteiger partial charge in [0, 0.05) is 10.7 Å². The summed E-state index contributed by atoms with van der Waals surface area (Å²) < 4.78 is 0. The molecular formula is C7H7BClNO3. The summed E-state index contributed by atoms with van der Waals surface area (Å²) in [5, 5.41) is 19.7. The standard InChI is InChI=1S/C7H7BClNO3/c9-5-1-3-6(4-2-5)10-7(11)8(12)13/h1-4,12-13H,(H,10,11). The van der Waals surface area contributed by atoms with E-state index in [1.165, 1.54) is 0 Å². The first-order valence-electron chi connectivity index (χ1n) is 3.52. The molecule has 13 heavy (non-hydrogen) atoms. The summed E-state index contributed by atoms with van der Waals surface area (Å²) in [6.45, 7) is 0. The van der Waals surface area contributed by atoms with Crippen molar-refractivity contribution in [1.82, 2.24) is 0 Å². The molecule has 3 N–H and O–H groups in total. The summed E-state index contributed by atoms with van der Waals surface area (Å²) in [4.78, 5) is 10.8. The number of carbonyl (C=O) groups excluding carboxylic acids is 1. The zero-order chi connectivity index (χ0) is 9.84. The number of rotatable bonds is 2. The molecule has 0 spiro atoms. The Morgan fingerprint density at radius 1 is 1.31 bits per heavy atom. The molecule has 0 aliphatic carbocycles. The van der Waals surface area contributed by atoms with Crippen molar-refractivity contribution in [2.75, 3.05) is 5.32 Å². The lowest BCUT2D eigenvalue weighted by Crippen LogP contribution is -2.30. The Morgan fingerprint density at radius 3 is 2.31 bits per heavy atom. The minimum atomic E-state index is -2.00. The van der Waals surface area contributed by atoms with Gasteiger partial charge in [0.2, 0.25) is 0 Å². The summed E-state index contributed by atoms with van der Waals surface area (Å²) in [5.41, 5.74) is 0.461. The van der Waals surface area contributed by atoms with Crippen molar-refractivity contribution in [2.45, 2.75) is 0 Å². The lowest BCUT2D eigenvalue weighted by Gasteiger charge is -2.03. The highest BCUT2D eigenvalue weighted by molar-refractivity contribution is 6.80. The predicted molar refractivity (Wildman–Crippen MR) is 50.7 cm³/mol. The van der Waals surface area contributed by atoms with Crippen LogP contribution in [0.4, 0.5) is 10.5 Å². The van der Waals surface area contributed by atoms with E-state index in [4.69, 9.17) is 21.6 Å². The summed E-state index contributed by atoms with van der Waals surface area (Å²) in [7, 11) is -2.00. The third-order valence-electron chi connectivity index (χ3n) is 1.35. The van der Waals surface area contributed by atoms with Crippen molar-refractivity contribution in [3.8, 4) is 0 Å². The van der Waals surface area contributed by atoms with Crippen LogP contribution in [0.25, 0.3) is 0 Å². The van der Waals surface area contributed by atoms with Crippen molar-refractivity contribution in [2.24, 2.45) is 0 Å². The van der Waals surface area contributed by atoms with E-state index in [-0.39, 0.29) is 0 Å². The zero-order valence-corrected chi connectivity index (χ0v) is 7.32. The highest BCUT2D eigenvalue weighted by Crippen LogP contribution is 2.13. The molecule has 1 amide bonds. The molecule has 0 bridgehead atoms. The van der Waals surface area contributed by atoms with Gasteiger partial charge in [-0.25, -0.2) is 0 Å². The fourth-order valence-corrected chi connectivity index (χ4v) is 0.866. The molecule has 68 valence electrons. The van der Waals surface area contributed by atoms with Gasteiger partial charge in [0.15, 0.2) is 0 Å². The van der Waals surface area contributed by atoms with Crippen LogP contribution in [0.15, 0.2) is 24.3 Å². The summed E-state index contributed by atoms with van der Waals surface area (Å²) in [6, 6.07) is 6.28. The molecule has 0 saturated carbocycles. The SMILES string of the molecule is O=C(Nc1ccc(Cl)cc1)B(O)O. The number of anilines is 1. The number of halogens is 1. The first-order valence-corrected chi connectivity index (χ1v) is 3.90. The van der Waals surface area contributed by atoms with E-state index in [2.05, 4.69) is 5.32 Å². The molecule has 4 nitrogen and oxygen atoms in total. The first-order chi connectivity index (χ1) is 6.09. The number of carbonyl (C=O) groups is 1. The second-order valence-corrected chi connectivity index (χ2v) is 2.81. The molecule has 1 aromatic carbocycles. The molecule has 0 radical (unpaired) electrons. The molecule has 0 saturated heterocycles. The van der Waals surface area contributed by atoms with Gasteiger partial charge < -0.3 is 15.4 Å². The average Bonchev–Trinajstić information content (AvgIpc) is 2.08. The second kappa shape index (κ2) is 4.27. The monoisotopic (exact) mass is 199 g/mol. The molecule has 1 rings (SSSR count). The van der Waals surface area contributed by atoms with Gasteiger partial charge in [-0.2, -0.15) is 0 Å². The van der Waals surface area contributed by atoms with Crippen LogP contribution in [-0.2, 0) is 0 Å². The van der Waals surface area contributed by atoms with Crippen molar-refractivity contribution in [1.29, 1.82) is 0 Å². The maximum atomic E-state index is 10.8. The van der Waals surface area contributed by atoms with E-state index in [1.807, 2.05) is 0 Å². The van der Waals surface area contributed by atoms with E-state index in [0.29, 0.717) is 10.7 Å². The molecular weight excluding hydrogens is 192 g/mol. The Kier molecular flexibility index (Phi) is 3.30. The van der Waals surface area contributed by atoms with E-state index in [1.54, 1.807) is 24.3 Å². The van der Waals surface area contributed by atoms with Crippen molar-refractivity contribution in [3.63, 3.8) is 0 Å². The third-order valence-corrected chi connectivity index (χ3v) is 1.60. The minimum absolute atomic E-state index is 0.461. The third kappa shape index (κ3) is 3.06. The average molecular weight is 199 g/mol. The normalized spacial score (nSPS) is 9.46. The smallest absolute Gasteiger partial charge is 0.420 e. The van der Waals surface area contributed by atoms with Gasteiger partial charge in [0.25, 0.3) is 5.81 Å². The molecule has 0 heterocycles. The van der Waals surface area contributed by atoms with Crippen molar-refractivity contribution in [3.05, 3.63) is 29.3 Å². The highest BCUT2D eigenvalue weighted by Gasteiger charge is 2.18. The molecule has 0 aromatic heterocycles. The maximum Gasteiger partial charge on any atom is 0.552 e. The fraction of sp³-hybridized carbons (Fsp3) is 0. The largest absolute Gasteiger partial charge is 0.552 e. The Morgan fingerprint density at radius 2 is 1.85 bits per heavy atom. The number of amides is 1. The fourth-order valence-electron chi connectivity index (χ4n) is 0.740. The van der Waals surface area contributed by atoms with Crippen LogP contribution >= 0.6 is 11.6 Å². The number of hydrogen-bond acceptors (Lipinski definition) is 3. The maximum absolute atomic E-state index is 10.8. The van der Waals surface area contributed by atoms with Crippen LogP contribution in [0.2, 0.25) is 5.02 Å². The van der Waals surface area contributed by atoms with Crippen LogP contribution < -0.4 is 5.32 Å². The Bertz CT molecular complexity index is 301. The Hall–Kier alpha value is -1.04. The summed E-state index contributed by atoms with van der Waals surface area (Å²) >= 11 is 5.60. The van der Waals surface area contributed by atoms with E-state index >= 15 is 0 Å². The molecule has 0 unspecified atom stereocenters. The molecule has 0 aliphatic heterocycles. The summed E-state index contributed by atoms with van der Waals surface area (Å²) in [5.74, 6) is -0.873. The van der Waals surface area contributed by atoms with Gasteiger partial charge >= 0.3 is 7.12 Å². The predicted octanol–water partition coefficient (Wildman–Crippen LogP) is 0.926. The van der Waals surface area contributed by atoms with Crippen molar-refractivity contribution >= 4 is 30.2 Å². The quantitative estimate of drug-likeness (QED) is 0.621. The molecule has 1 aromatic rings. The van der Waals surface area contributed by atoms with E-state index in [9.17, 15) is 4.79 Å². The van der Waals surface area contributed by atoms with Crippen LogP contribution in [-0.4, -0.2) is 23.0 Å². The van der Waals surface area contributed by atoms with Gasteiger partial charge in [0.1, 0.15) is 0 Å². The van der Waals surface area contributed by atoms with Crippen LogP contribution in [0.3, 0.4) is 0 Å². The van der Waals surface area contributed by atoms with Gasteiger partial charge in [-0.05, 0) is 24.3 Å². The molecule has 6 heteroatoms. The number of nitrogens with one attached hydrogen (secondary N) is 1. The van der Waals surface area contributed by atoms with E-state index < -0.39 is 12.9 Å². The van der Waals surface area contributed by atoms with Crippen LogP contribution in [0, 0.1) is 0 Å². The number of benzene rings is 1. The molecule has 0 fully saturated rings. The molecule has 0 atom stereocenters. The lowest BCUT2D eigenvalue weighted by molar-refractivity contribution is 0.258. The van der Waals surface area contributed by atoms with Crippen LogP contribution in [0.5, 0.6) is 0 Å². The lowest BCUT2D eigenvalue weighted by atomic mass is 9.90. The van der Waals surface area contributed by atoms with E-state index in [0.717, 1.165) is 0 Å². The second-order valence-electron chi connectivity index (χ2n) is 2.37. The topological polar surface area (TPSA) is 69.6 Å². The van der Waals surface area contributed by atoms with Gasteiger partial charge in [-0.1, -0.05) is 11.6 Å². The van der Waals surface area contributed by atoms with Crippen LogP contribution in [0.1, 0.15) is 0 Å². The summed E-state index contributed by atoms with van der Waals surface area (Å²) in [6.07, 6.45) is 0. The van der Waals surface area contributed by atoms with Crippen molar-refractivity contribution < 1.29 is 14.8 Å². The number of hydrogen-bond donors (Lipinski definition) is 3. The first kappa shape index (κ1) is 10.0. The van der Waals surface area contributed by atoms with Gasteiger partial charge in [-0.3, -0.25) is 4.79 Å². The minimum Gasteiger partial charge on any atom is -0.420 e. The Balaban J connectivity index is 2.65. The van der Waals surface area contributed by atoms with Gasteiger partial charge in [-0.15, -0.1) is 0 Å². The zero-order valence-electron chi connectivity index (χ0n) is 6.57. The highest BCUT2D eigenvalue weighted by atomic mass is 35.5. The molecule has 0 aliphatic rings. The van der Waals surface area contributed by atoms with Gasteiger partial charge in [0.05, 0.1) is 0 Å². The Labute approximate surface area is 80.3 Å².